The van der Waals surface area contributed by atoms with E-state index in [4.69, 9.17) is 31.2 Å². The van der Waals surface area contributed by atoms with E-state index in [0.717, 1.165) is 39.6 Å². The van der Waals surface area contributed by atoms with Gasteiger partial charge in [-0.3, -0.25) is 4.90 Å². The Morgan fingerprint density at radius 2 is 1.47 bits per heavy atom. The summed E-state index contributed by atoms with van der Waals surface area (Å²) in [6.07, 6.45) is 0. The Kier molecular flexibility index (Phi) is 6.43. The van der Waals surface area contributed by atoms with Gasteiger partial charge in [0.15, 0.2) is 5.11 Å². The normalized spacial score (nSPS) is 15.6. The first-order valence-corrected chi connectivity index (χ1v) is 11.9. The maximum absolute atomic E-state index is 5.84. The summed E-state index contributed by atoms with van der Waals surface area (Å²) in [7, 11) is 3.28. The Labute approximate surface area is 215 Å². The van der Waals surface area contributed by atoms with Gasteiger partial charge in [0.1, 0.15) is 11.5 Å². The predicted octanol–water partition coefficient (Wildman–Crippen LogP) is 5.93. The summed E-state index contributed by atoms with van der Waals surface area (Å²) in [5.74, 6) is 2.47. The van der Waals surface area contributed by atoms with Crippen LogP contribution in [0.2, 0.25) is 0 Å². The lowest BCUT2D eigenvalue weighted by Gasteiger charge is -2.37. The minimum Gasteiger partial charge on any atom is -0.497 e. The second-order valence-electron chi connectivity index (χ2n) is 8.48. The molecular weight excluding hydrogens is 472 g/mol. The molecule has 36 heavy (non-hydrogen) atoms. The number of ether oxygens (including phenoxy) is 2. The molecule has 0 radical (unpaired) electrons. The van der Waals surface area contributed by atoms with Gasteiger partial charge in [0, 0.05) is 16.9 Å². The first kappa shape index (κ1) is 23.6. The van der Waals surface area contributed by atoms with Gasteiger partial charge >= 0.3 is 0 Å². The number of thiocarbonyl (C=S) groups is 1. The molecule has 8 heteroatoms. The van der Waals surface area contributed by atoms with Crippen LogP contribution >= 0.6 is 12.2 Å². The van der Waals surface area contributed by atoms with Crippen LogP contribution in [0, 0.1) is 6.92 Å². The Balaban J connectivity index is 1.61. The van der Waals surface area contributed by atoms with Crippen molar-refractivity contribution in [2.75, 3.05) is 19.1 Å². The third-order valence-corrected chi connectivity index (χ3v) is 6.53. The van der Waals surface area contributed by atoms with E-state index in [1.54, 1.807) is 14.2 Å². The second-order valence-corrected chi connectivity index (χ2v) is 8.86. The van der Waals surface area contributed by atoms with Crippen molar-refractivity contribution >= 4 is 28.6 Å². The number of aromatic nitrogens is 2. The number of rotatable bonds is 6. The zero-order valence-electron chi connectivity index (χ0n) is 20.5. The van der Waals surface area contributed by atoms with E-state index < -0.39 is 0 Å². The SMILES string of the molecule is COc1ccc(-c2noc(C3=C(C)N(c4ccc(OC)cc4)C(=S)NC3c3ccc(C)cc3)n2)cc1. The summed E-state index contributed by atoms with van der Waals surface area (Å²) in [5.41, 5.74) is 5.73. The summed E-state index contributed by atoms with van der Waals surface area (Å²) in [4.78, 5) is 6.76. The number of nitrogens with zero attached hydrogens (tertiary/aromatic N) is 3. The molecule has 7 nitrogen and oxygen atoms in total. The van der Waals surface area contributed by atoms with Crippen molar-refractivity contribution in [3.05, 3.63) is 95.5 Å². The Morgan fingerprint density at radius 1 is 0.861 bits per heavy atom. The highest BCUT2D eigenvalue weighted by atomic mass is 32.1. The number of allylic oxidation sites excluding steroid dienone is 1. The van der Waals surface area contributed by atoms with Gasteiger partial charge in [-0.25, -0.2) is 0 Å². The zero-order valence-corrected chi connectivity index (χ0v) is 21.3. The zero-order chi connectivity index (χ0) is 25.2. The third-order valence-electron chi connectivity index (χ3n) is 6.23. The van der Waals surface area contributed by atoms with E-state index in [1.807, 2.05) is 60.4 Å². The van der Waals surface area contributed by atoms with E-state index in [1.165, 1.54) is 5.56 Å². The van der Waals surface area contributed by atoms with Crippen molar-refractivity contribution in [3.8, 4) is 22.9 Å². The van der Waals surface area contributed by atoms with E-state index in [-0.39, 0.29) is 6.04 Å². The molecule has 0 fully saturated rings. The highest BCUT2D eigenvalue weighted by Gasteiger charge is 2.34. The van der Waals surface area contributed by atoms with Crippen molar-refractivity contribution in [2.45, 2.75) is 19.9 Å². The van der Waals surface area contributed by atoms with E-state index >= 15 is 0 Å². The fourth-order valence-corrected chi connectivity index (χ4v) is 4.62. The Morgan fingerprint density at radius 3 is 2.08 bits per heavy atom. The molecule has 1 unspecified atom stereocenters. The average molecular weight is 499 g/mol. The van der Waals surface area contributed by atoms with Crippen molar-refractivity contribution in [1.29, 1.82) is 0 Å². The molecule has 4 aromatic rings. The van der Waals surface area contributed by atoms with Gasteiger partial charge in [-0.05, 0) is 80.2 Å². The van der Waals surface area contributed by atoms with Gasteiger partial charge in [0.05, 0.1) is 25.8 Å². The largest absolute Gasteiger partial charge is 0.497 e. The van der Waals surface area contributed by atoms with Gasteiger partial charge in [0.25, 0.3) is 5.89 Å². The van der Waals surface area contributed by atoms with E-state index in [0.29, 0.717) is 16.8 Å². The molecule has 1 aliphatic rings. The van der Waals surface area contributed by atoms with E-state index in [9.17, 15) is 0 Å². The first-order chi connectivity index (χ1) is 17.5. The molecule has 0 saturated heterocycles. The maximum Gasteiger partial charge on any atom is 0.258 e. The highest BCUT2D eigenvalue weighted by Crippen LogP contribution is 2.39. The Hall–Kier alpha value is -4.17. The van der Waals surface area contributed by atoms with Gasteiger partial charge in [-0.15, -0.1) is 0 Å². The molecule has 1 N–H and O–H groups in total. The molecule has 182 valence electrons. The van der Waals surface area contributed by atoms with Crippen molar-refractivity contribution in [2.24, 2.45) is 0 Å². The minimum atomic E-state index is -0.253. The first-order valence-electron chi connectivity index (χ1n) is 11.5. The maximum atomic E-state index is 5.84. The number of benzene rings is 3. The standard InChI is InChI=1S/C28H26N4O3S/c1-17-5-7-19(8-6-17)25-24(27-30-26(31-35-27)20-9-13-22(33-3)14-10-20)18(2)32(28(36)29-25)21-11-15-23(34-4)16-12-21/h5-16,25H,1-4H3,(H,29,36). The molecule has 3 aromatic carbocycles. The highest BCUT2D eigenvalue weighted by molar-refractivity contribution is 7.80. The van der Waals surface area contributed by atoms with Gasteiger partial charge in [0.2, 0.25) is 5.82 Å². The molecule has 0 bridgehead atoms. The summed E-state index contributed by atoms with van der Waals surface area (Å²) < 4.78 is 16.4. The van der Waals surface area contributed by atoms with Crippen LogP contribution in [-0.2, 0) is 0 Å². The summed E-state index contributed by atoms with van der Waals surface area (Å²) in [6.45, 7) is 4.08. The lowest BCUT2D eigenvalue weighted by molar-refractivity contribution is 0.404. The van der Waals surface area contributed by atoms with Crippen molar-refractivity contribution in [3.63, 3.8) is 0 Å². The lowest BCUT2D eigenvalue weighted by Crippen LogP contribution is -2.46. The van der Waals surface area contributed by atoms with Crippen LogP contribution in [0.1, 0.15) is 30.0 Å². The topological polar surface area (TPSA) is 72.7 Å². The fourth-order valence-electron chi connectivity index (χ4n) is 4.26. The molecule has 0 saturated carbocycles. The molecule has 0 aliphatic carbocycles. The molecule has 1 aliphatic heterocycles. The molecule has 2 heterocycles. The van der Waals surface area contributed by atoms with Crippen molar-refractivity contribution in [1.82, 2.24) is 15.5 Å². The predicted molar refractivity (Wildman–Crippen MR) is 144 cm³/mol. The molecular formula is C28H26N4O3S. The van der Waals surface area contributed by atoms with Crippen molar-refractivity contribution < 1.29 is 14.0 Å². The third kappa shape index (κ3) is 4.43. The number of anilines is 1. The molecule has 1 aromatic heterocycles. The molecule has 5 rings (SSSR count). The number of nitrogens with one attached hydrogen (secondary N) is 1. The summed E-state index contributed by atoms with van der Waals surface area (Å²) in [5, 5.41) is 8.36. The quantitative estimate of drug-likeness (QED) is 0.328. The van der Waals surface area contributed by atoms with Crippen LogP contribution in [-0.4, -0.2) is 29.5 Å². The van der Waals surface area contributed by atoms with Crippen LogP contribution in [0.4, 0.5) is 5.69 Å². The second kappa shape index (κ2) is 9.83. The summed E-state index contributed by atoms with van der Waals surface area (Å²) in [6, 6.07) is 23.4. The van der Waals surface area contributed by atoms with E-state index in [2.05, 4.69) is 41.7 Å². The number of hydrogen-bond donors (Lipinski definition) is 1. The molecule has 0 spiro atoms. The minimum absolute atomic E-state index is 0.253. The van der Waals surface area contributed by atoms with Crippen LogP contribution in [0.5, 0.6) is 11.5 Å². The monoisotopic (exact) mass is 498 g/mol. The fraction of sp³-hybridized carbons (Fsp3) is 0.179. The number of methoxy groups -OCH3 is 2. The summed E-state index contributed by atoms with van der Waals surface area (Å²) >= 11 is 5.83. The Bertz CT molecular complexity index is 1410. The van der Waals surface area contributed by atoms with Gasteiger partial charge in [-0.2, -0.15) is 4.98 Å². The van der Waals surface area contributed by atoms with Gasteiger partial charge < -0.3 is 19.3 Å². The number of hydrogen-bond acceptors (Lipinski definition) is 6. The molecule has 0 amide bonds. The average Bonchev–Trinajstić information content (AvgIpc) is 3.39. The van der Waals surface area contributed by atoms with Gasteiger partial charge in [-0.1, -0.05) is 35.0 Å². The number of aryl methyl sites for hydroxylation is 1. The van der Waals surface area contributed by atoms with Crippen LogP contribution < -0.4 is 19.7 Å². The van der Waals surface area contributed by atoms with Crippen LogP contribution in [0.3, 0.4) is 0 Å². The van der Waals surface area contributed by atoms with Crippen LogP contribution in [0.25, 0.3) is 17.0 Å². The smallest absolute Gasteiger partial charge is 0.258 e. The molecule has 1 atom stereocenters. The van der Waals surface area contributed by atoms with Crippen LogP contribution in [0.15, 0.2) is 83.0 Å². The lowest BCUT2D eigenvalue weighted by atomic mass is 9.94.